The lowest BCUT2D eigenvalue weighted by atomic mass is 10.0. The maximum absolute atomic E-state index is 13.2. The molecule has 1 amide bonds. The summed E-state index contributed by atoms with van der Waals surface area (Å²) in [5.41, 5.74) is 1.31. The molecule has 2 aromatic heterocycles. The molecule has 31 heavy (non-hydrogen) atoms. The summed E-state index contributed by atoms with van der Waals surface area (Å²) in [6, 6.07) is 12.6. The summed E-state index contributed by atoms with van der Waals surface area (Å²) >= 11 is 1.61. The van der Waals surface area contributed by atoms with Crippen LogP contribution < -0.4 is 15.0 Å². The fourth-order valence-corrected chi connectivity index (χ4v) is 4.81. The maximum Gasteiger partial charge on any atom is 0.267 e. The van der Waals surface area contributed by atoms with Gasteiger partial charge in [-0.15, -0.1) is 11.3 Å². The topological polar surface area (TPSA) is 73.7 Å². The van der Waals surface area contributed by atoms with Crippen LogP contribution in [0.3, 0.4) is 0 Å². The molecule has 0 spiro atoms. The Morgan fingerprint density at radius 1 is 1.16 bits per heavy atom. The number of carbonyl (C=O) groups is 1. The summed E-state index contributed by atoms with van der Waals surface area (Å²) in [7, 11) is 3.23. The van der Waals surface area contributed by atoms with Gasteiger partial charge in [0.15, 0.2) is 0 Å². The van der Waals surface area contributed by atoms with E-state index in [2.05, 4.69) is 5.10 Å². The molecule has 3 heterocycles. The van der Waals surface area contributed by atoms with Gasteiger partial charge in [-0.1, -0.05) is 0 Å². The fraction of sp³-hybridized carbons (Fsp3) is 0.348. The van der Waals surface area contributed by atoms with Crippen molar-refractivity contribution in [2.45, 2.75) is 32.4 Å². The van der Waals surface area contributed by atoms with Crippen molar-refractivity contribution < 1.29 is 14.3 Å². The van der Waals surface area contributed by atoms with Crippen molar-refractivity contribution in [1.29, 1.82) is 0 Å². The molecule has 0 bridgehead atoms. The minimum Gasteiger partial charge on any atom is -0.497 e. The third-order valence-electron chi connectivity index (χ3n) is 5.51. The van der Waals surface area contributed by atoms with E-state index in [9.17, 15) is 9.59 Å². The average Bonchev–Trinajstić information content (AvgIpc) is 3.44. The number of hydrogen-bond donors (Lipinski definition) is 0. The molecule has 0 aliphatic carbocycles. The molecule has 1 unspecified atom stereocenters. The molecule has 0 N–H and O–H groups in total. The molecule has 162 valence electrons. The van der Waals surface area contributed by atoms with Crippen LogP contribution in [0.5, 0.6) is 11.5 Å². The minimum atomic E-state index is -0.292. The van der Waals surface area contributed by atoms with Gasteiger partial charge in [-0.05, 0) is 56.2 Å². The number of amides is 1. The van der Waals surface area contributed by atoms with E-state index in [4.69, 9.17) is 9.47 Å². The van der Waals surface area contributed by atoms with Gasteiger partial charge in [-0.3, -0.25) is 9.59 Å². The van der Waals surface area contributed by atoms with Crippen LogP contribution in [0.15, 0.2) is 47.3 Å². The first-order valence-electron chi connectivity index (χ1n) is 10.2. The Hall–Kier alpha value is -3.13. The van der Waals surface area contributed by atoms with Gasteiger partial charge in [0.05, 0.1) is 25.1 Å². The van der Waals surface area contributed by atoms with E-state index in [1.807, 2.05) is 42.2 Å². The van der Waals surface area contributed by atoms with Crippen molar-refractivity contribution in [3.05, 3.63) is 63.3 Å². The Morgan fingerprint density at radius 2 is 2.00 bits per heavy atom. The molecule has 1 saturated heterocycles. The molecule has 0 radical (unpaired) electrons. The number of likely N-dealkylation sites (tertiary alicyclic amines) is 1. The number of ether oxygens (including phenoxy) is 2. The molecule has 8 heteroatoms. The number of nitrogens with zero attached hydrogens (tertiary/aromatic N) is 3. The third kappa shape index (κ3) is 4.34. The third-order valence-corrected chi connectivity index (χ3v) is 6.54. The van der Waals surface area contributed by atoms with Crippen LogP contribution in [-0.4, -0.2) is 41.4 Å². The van der Waals surface area contributed by atoms with Gasteiger partial charge in [-0.2, -0.15) is 5.10 Å². The molecule has 1 atom stereocenters. The van der Waals surface area contributed by atoms with E-state index in [-0.39, 0.29) is 24.1 Å². The summed E-state index contributed by atoms with van der Waals surface area (Å²) in [4.78, 5) is 29.6. The lowest BCUT2D eigenvalue weighted by molar-refractivity contribution is -0.133. The lowest BCUT2D eigenvalue weighted by Gasteiger charge is -2.27. The second kappa shape index (κ2) is 8.93. The van der Waals surface area contributed by atoms with Gasteiger partial charge < -0.3 is 14.4 Å². The number of carbonyl (C=O) groups excluding carboxylic acids is 1. The molecular weight excluding hydrogens is 414 g/mol. The lowest BCUT2D eigenvalue weighted by Crippen LogP contribution is -2.37. The van der Waals surface area contributed by atoms with Crippen molar-refractivity contribution in [2.24, 2.45) is 0 Å². The molecule has 1 aliphatic rings. The van der Waals surface area contributed by atoms with Crippen LogP contribution in [0.25, 0.3) is 10.6 Å². The predicted octanol–water partition coefficient (Wildman–Crippen LogP) is 3.66. The number of benzene rings is 1. The first-order chi connectivity index (χ1) is 15.0. The minimum absolute atomic E-state index is 0.0974. The first kappa shape index (κ1) is 21.1. The normalized spacial score (nSPS) is 15.8. The van der Waals surface area contributed by atoms with Crippen LogP contribution in [0.4, 0.5) is 0 Å². The van der Waals surface area contributed by atoms with Crippen molar-refractivity contribution in [3.63, 3.8) is 0 Å². The highest BCUT2D eigenvalue weighted by Gasteiger charge is 2.32. The monoisotopic (exact) mass is 439 g/mol. The molecule has 1 aromatic carbocycles. The zero-order chi connectivity index (χ0) is 22.0. The van der Waals surface area contributed by atoms with Crippen LogP contribution in [-0.2, 0) is 11.3 Å². The quantitative estimate of drug-likeness (QED) is 0.586. The summed E-state index contributed by atoms with van der Waals surface area (Å²) in [6.45, 7) is 2.55. The summed E-state index contributed by atoms with van der Waals surface area (Å²) in [5.74, 6) is 1.30. The van der Waals surface area contributed by atoms with Crippen molar-refractivity contribution in [3.8, 4) is 22.1 Å². The standard InChI is InChI=1S/C23H25N3O4S/c1-15-6-10-21(31-15)18-8-11-22(27)26(24-18)14-23(28)25-12-4-5-19(25)17-13-16(29-2)7-9-20(17)30-3/h6-11,13,19H,4-5,12,14H2,1-3H3. The number of thiophene rings is 1. The maximum atomic E-state index is 13.2. The average molecular weight is 440 g/mol. The van der Waals surface area contributed by atoms with Crippen LogP contribution >= 0.6 is 11.3 Å². The zero-order valence-electron chi connectivity index (χ0n) is 17.8. The zero-order valence-corrected chi connectivity index (χ0v) is 18.6. The van der Waals surface area contributed by atoms with Gasteiger partial charge in [0.25, 0.3) is 5.56 Å². The number of hydrogen-bond acceptors (Lipinski definition) is 6. The summed E-state index contributed by atoms with van der Waals surface area (Å²) in [5, 5.41) is 4.45. The first-order valence-corrected chi connectivity index (χ1v) is 11.0. The second-order valence-electron chi connectivity index (χ2n) is 7.48. The van der Waals surface area contributed by atoms with E-state index in [0.29, 0.717) is 18.0 Å². The predicted molar refractivity (Wildman–Crippen MR) is 120 cm³/mol. The Kier molecular flexibility index (Phi) is 6.08. The molecular formula is C23H25N3O4S. The van der Waals surface area contributed by atoms with E-state index in [0.717, 1.165) is 33.9 Å². The van der Waals surface area contributed by atoms with Gasteiger partial charge in [-0.25, -0.2) is 4.68 Å². The van der Waals surface area contributed by atoms with E-state index in [1.165, 1.54) is 10.7 Å². The van der Waals surface area contributed by atoms with E-state index in [1.54, 1.807) is 31.6 Å². The molecule has 1 fully saturated rings. The van der Waals surface area contributed by atoms with Gasteiger partial charge >= 0.3 is 0 Å². The molecule has 0 saturated carbocycles. The SMILES string of the molecule is COc1ccc(OC)c(C2CCCN2C(=O)Cn2nc(-c3ccc(C)s3)ccc2=O)c1. The molecule has 4 rings (SSSR count). The highest BCUT2D eigenvalue weighted by Crippen LogP contribution is 2.39. The molecule has 3 aromatic rings. The number of methoxy groups -OCH3 is 2. The number of aryl methyl sites for hydroxylation is 1. The molecule has 7 nitrogen and oxygen atoms in total. The Bertz CT molecular complexity index is 1150. The highest BCUT2D eigenvalue weighted by molar-refractivity contribution is 7.15. The van der Waals surface area contributed by atoms with Gasteiger partial charge in [0.2, 0.25) is 5.91 Å². The van der Waals surface area contributed by atoms with Crippen molar-refractivity contribution >= 4 is 17.2 Å². The van der Waals surface area contributed by atoms with Crippen molar-refractivity contribution in [1.82, 2.24) is 14.7 Å². The Morgan fingerprint density at radius 3 is 2.71 bits per heavy atom. The van der Waals surface area contributed by atoms with Crippen LogP contribution in [0, 0.1) is 6.92 Å². The smallest absolute Gasteiger partial charge is 0.267 e. The Balaban J connectivity index is 1.60. The van der Waals surface area contributed by atoms with Crippen LogP contribution in [0.2, 0.25) is 0 Å². The van der Waals surface area contributed by atoms with Gasteiger partial charge in [0.1, 0.15) is 23.7 Å². The Labute approximate surface area is 184 Å². The summed E-state index contributed by atoms with van der Waals surface area (Å²) < 4.78 is 12.1. The largest absolute Gasteiger partial charge is 0.497 e. The second-order valence-corrected chi connectivity index (χ2v) is 8.77. The number of aromatic nitrogens is 2. The highest BCUT2D eigenvalue weighted by atomic mass is 32.1. The fourth-order valence-electron chi connectivity index (χ4n) is 3.97. The van der Waals surface area contributed by atoms with Crippen molar-refractivity contribution in [2.75, 3.05) is 20.8 Å². The molecule has 1 aliphatic heterocycles. The van der Waals surface area contributed by atoms with Crippen LogP contribution in [0.1, 0.15) is 29.3 Å². The summed E-state index contributed by atoms with van der Waals surface area (Å²) in [6.07, 6.45) is 1.71. The van der Waals surface area contributed by atoms with E-state index >= 15 is 0 Å². The van der Waals surface area contributed by atoms with Gasteiger partial charge in [0, 0.05) is 23.1 Å². The van der Waals surface area contributed by atoms with E-state index < -0.39 is 0 Å². The number of rotatable bonds is 6.